The van der Waals surface area contributed by atoms with E-state index in [2.05, 4.69) is 10.1 Å². The lowest BCUT2D eigenvalue weighted by molar-refractivity contribution is -0.148. The first-order valence-electron chi connectivity index (χ1n) is 8.84. The van der Waals surface area contributed by atoms with Crippen LogP contribution in [0, 0.1) is 0 Å². The second kappa shape index (κ2) is 5.66. The first kappa shape index (κ1) is 16.5. The molecular formula is C20H16N4O4. The molecule has 140 valence electrons. The molecule has 2 aromatic carbocycles. The van der Waals surface area contributed by atoms with Crippen molar-refractivity contribution < 1.29 is 19.4 Å². The third kappa shape index (κ3) is 1.99. The Bertz CT molecular complexity index is 1120. The van der Waals surface area contributed by atoms with E-state index in [4.69, 9.17) is 4.74 Å². The number of nitrogens with zero attached hydrogens (tertiary/aromatic N) is 4. The quantitative estimate of drug-likeness (QED) is 0.754. The van der Waals surface area contributed by atoms with E-state index in [1.165, 1.54) is 9.58 Å². The molecule has 28 heavy (non-hydrogen) atoms. The van der Waals surface area contributed by atoms with Crippen LogP contribution in [-0.2, 0) is 15.3 Å². The van der Waals surface area contributed by atoms with E-state index >= 15 is 0 Å². The van der Waals surface area contributed by atoms with Crippen LogP contribution in [0.2, 0.25) is 0 Å². The van der Waals surface area contributed by atoms with Gasteiger partial charge in [0.25, 0.3) is 0 Å². The summed E-state index contributed by atoms with van der Waals surface area (Å²) in [7, 11) is 1.59. The maximum atomic E-state index is 12.6. The number of hydrogen-bond donors (Lipinski definition) is 1. The molecule has 0 unspecified atom stereocenters. The van der Waals surface area contributed by atoms with Crippen LogP contribution in [0.1, 0.15) is 12.8 Å². The number of aromatic nitrogens is 3. The van der Waals surface area contributed by atoms with Gasteiger partial charge in [0.1, 0.15) is 5.75 Å². The number of ether oxygens (including phenoxy) is 1. The van der Waals surface area contributed by atoms with Crippen molar-refractivity contribution in [1.29, 1.82) is 0 Å². The minimum Gasteiger partial charge on any atom is -0.497 e. The van der Waals surface area contributed by atoms with Crippen LogP contribution in [0.25, 0.3) is 22.8 Å². The van der Waals surface area contributed by atoms with E-state index in [-0.39, 0.29) is 18.7 Å². The van der Waals surface area contributed by atoms with Crippen LogP contribution >= 0.6 is 0 Å². The van der Waals surface area contributed by atoms with Gasteiger partial charge in [-0.2, -0.15) is 0 Å². The van der Waals surface area contributed by atoms with Gasteiger partial charge in [0, 0.05) is 24.0 Å². The first-order valence-corrected chi connectivity index (χ1v) is 8.84. The smallest absolute Gasteiger partial charge is 0.353 e. The molecule has 1 fully saturated rings. The van der Waals surface area contributed by atoms with Gasteiger partial charge in [0.05, 0.1) is 12.8 Å². The summed E-state index contributed by atoms with van der Waals surface area (Å²) < 4.78 is 6.57. The maximum absolute atomic E-state index is 12.6. The largest absolute Gasteiger partial charge is 0.497 e. The molecule has 0 saturated carbocycles. The van der Waals surface area contributed by atoms with Gasteiger partial charge in [-0.1, -0.05) is 12.1 Å². The zero-order valence-corrected chi connectivity index (χ0v) is 15.0. The van der Waals surface area contributed by atoms with Gasteiger partial charge in [-0.3, -0.25) is 9.69 Å². The molecular weight excluding hydrogens is 360 g/mol. The summed E-state index contributed by atoms with van der Waals surface area (Å²) in [5, 5.41) is 14.7. The highest BCUT2D eigenvalue weighted by atomic mass is 16.5. The predicted molar refractivity (Wildman–Crippen MR) is 99.8 cm³/mol. The molecule has 2 aliphatic heterocycles. The topological polar surface area (TPSA) is 97.5 Å². The molecule has 3 aromatic rings. The first-order chi connectivity index (χ1) is 13.6. The highest BCUT2D eigenvalue weighted by molar-refractivity contribution is 6.07. The lowest BCUT2D eigenvalue weighted by atomic mass is 10.0. The third-order valence-corrected chi connectivity index (χ3v) is 5.34. The van der Waals surface area contributed by atoms with Crippen molar-refractivity contribution in [2.24, 2.45) is 0 Å². The van der Waals surface area contributed by atoms with Crippen LogP contribution in [0.4, 0.5) is 5.69 Å². The Balaban J connectivity index is 1.77. The number of amides is 1. The highest BCUT2D eigenvalue weighted by Gasteiger charge is 2.58. The molecule has 8 nitrogen and oxygen atoms in total. The van der Waals surface area contributed by atoms with Gasteiger partial charge in [0.15, 0.2) is 11.6 Å². The number of benzene rings is 2. The summed E-state index contributed by atoms with van der Waals surface area (Å²) in [4.78, 5) is 31.0. The lowest BCUT2D eigenvalue weighted by Crippen LogP contribution is -2.56. The molecule has 5 rings (SSSR count). The summed E-state index contributed by atoms with van der Waals surface area (Å²) >= 11 is 0. The average Bonchev–Trinajstić information content (AvgIpc) is 3.31. The number of carbonyl (C=O) groups excluding carboxylic acids is 1. The summed E-state index contributed by atoms with van der Waals surface area (Å²) in [5.74, 6) is 0.180. The summed E-state index contributed by atoms with van der Waals surface area (Å²) in [6.45, 7) is 0. The van der Waals surface area contributed by atoms with Gasteiger partial charge in [0.2, 0.25) is 11.6 Å². The lowest BCUT2D eigenvalue weighted by Gasteiger charge is -2.39. The standard InChI is InChI=1S/C20H16N4O4/c1-28-13-8-6-12(7-9-13)17-21-18-14-4-2-3-5-15(14)23-16(25)10-11-20(23,19(26)27)24(18)22-17/h2-9H,10-11H2,1H3,(H,26,27)/t20-/m1/s1. The molecule has 0 bridgehead atoms. The molecule has 0 radical (unpaired) electrons. The Morgan fingerprint density at radius 3 is 2.64 bits per heavy atom. The van der Waals surface area contributed by atoms with Gasteiger partial charge in [-0.05, 0) is 36.4 Å². The van der Waals surface area contributed by atoms with E-state index in [0.717, 1.165) is 5.56 Å². The van der Waals surface area contributed by atoms with Crippen LogP contribution in [0.3, 0.4) is 0 Å². The van der Waals surface area contributed by atoms with Crippen molar-refractivity contribution in [1.82, 2.24) is 14.8 Å². The molecule has 2 aliphatic rings. The van der Waals surface area contributed by atoms with Gasteiger partial charge in [-0.15, -0.1) is 5.10 Å². The van der Waals surface area contributed by atoms with E-state index in [1.807, 2.05) is 24.3 Å². The van der Waals surface area contributed by atoms with Crippen molar-refractivity contribution in [3.63, 3.8) is 0 Å². The minimum absolute atomic E-state index is 0.133. The van der Waals surface area contributed by atoms with Crippen molar-refractivity contribution in [2.45, 2.75) is 18.5 Å². The number of carbonyl (C=O) groups is 2. The van der Waals surface area contributed by atoms with Crippen LogP contribution < -0.4 is 9.64 Å². The fourth-order valence-corrected chi connectivity index (χ4v) is 4.00. The molecule has 0 aliphatic carbocycles. The number of methoxy groups -OCH3 is 1. The molecule has 1 aromatic heterocycles. The number of carboxylic acids is 1. The zero-order valence-electron chi connectivity index (χ0n) is 15.0. The van der Waals surface area contributed by atoms with E-state index in [9.17, 15) is 14.7 Å². The van der Waals surface area contributed by atoms with Crippen LogP contribution in [-0.4, -0.2) is 38.9 Å². The monoisotopic (exact) mass is 376 g/mol. The molecule has 1 atom stereocenters. The fraction of sp³-hybridized carbons (Fsp3) is 0.200. The van der Waals surface area contributed by atoms with Gasteiger partial charge < -0.3 is 9.84 Å². The summed E-state index contributed by atoms with van der Waals surface area (Å²) in [6.07, 6.45) is 0.270. The molecule has 8 heteroatoms. The zero-order chi connectivity index (χ0) is 19.5. The van der Waals surface area contributed by atoms with Crippen molar-refractivity contribution in [3.05, 3.63) is 48.5 Å². The SMILES string of the molecule is COc1ccc(-c2nc3n(n2)[C@@]2(C(=O)O)CCC(=O)N2c2ccccc2-3)cc1. The number of carboxylic acid groups (broad SMARTS) is 1. The highest BCUT2D eigenvalue weighted by Crippen LogP contribution is 2.48. The van der Waals surface area contributed by atoms with Gasteiger partial charge >= 0.3 is 5.97 Å². The Morgan fingerprint density at radius 1 is 1.18 bits per heavy atom. The molecule has 0 spiro atoms. The number of fused-ring (bicyclic) bond motifs is 6. The van der Waals surface area contributed by atoms with E-state index in [0.29, 0.717) is 28.6 Å². The molecule has 1 amide bonds. The second-order valence-corrected chi connectivity index (χ2v) is 6.77. The van der Waals surface area contributed by atoms with E-state index < -0.39 is 11.6 Å². The van der Waals surface area contributed by atoms with E-state index in [1.54, 1.807) is 31.4 Å². The third-order valence-electron chi connectivity index (χ3n) is 5.34. The normalized spacial score (nSPS) is 19.8. The Hall–Kier alpha value is -3.68. The second-order valence-electron chi connectivity index (χ2n) is 6.77. The Kier molecular flexibility index (Phi) is 3.33. The number of rotatable bonds is 3. The minimum atomic E-state index is -1.60. The fourth-order valence-electron chi connectivity index (χ4n) is 4.00. The van der Waals surface area contributed by atoms with Crippen molar-refractivity contribution in [2.75, 3.05) is 12.0 Å². The molecule has 3 heterocycles. The average molecular weight is 376 g/mol. The molecule has 1 N–H and O–H groups in total. The van der Waals surface area contributed by atoms with Crippen molar-refractivity contribution >= 4 is 17.6 Å². The van der Waals surface area contributed by atoms with Crippen molar-refractivity contribution in [3.8, 4) is 28.5 Å². The number of para-hydroxylation sites is 1. The maximum Gasteiger partial charge on any atom is 0.353 e. The van der Waals surface area contributed by atoms with Crippen LogP contribution in [0.5, 0.6) is 5.75 Å². The predicted octanol–water partition coefficient (Wildman–Crippen LogP) is 2.50. The molecule has 1 saturated heterocycles. The van der Waals surface area contributed by atoms with Gasteiger partial charge in [-0.25, -0.2) is 14.5 Å². The number of anilines is 1. The Labute approximate surface area is 160 Å². The Morgan fingerprint density at radius 2 is 1.93 bits per heavy atom. The summed E-state index contributed by atoms with van der Waals surface area (Å²) in [6, 6.07) is 14.4. The summed E-state index contributed by atoms with van der Waals surface area (Å²) in [5.41, 5.74) is 0.366. The number of aliphatic carboxylic acids is 1. The number of hydrogen-bond acceptors (Lipinski definition) is 5. The van der Waals surface area contributed by atoms with Crippen LogP contribution in [0.15, 0.2) is 48.5 Å².